The molecule has 0 aliphatic carbocycles. The van der Waals surface area contributed by atoms with Gasteiger partial charge in [-0.3, -0.25) is 10.1 Å². The zero-order valence-electron chi connectivity index (χ0n) is 13.1. The molecule has 3 rings (SSSR count). The van der Waals surface area contributed by atoms with E-state index < -0.39 is 4.92 Å². The number of hydrogen-bond donors (Lipinski definition) is 2. The SMILES string of the molecule is Cc1cccc(Nc2ncnc(Nc3ccccc3Cl)c2[N+](=O)[O-])n1. The normalized spacial score (nSPS) is 10.3. The van der Waals surface area contributed by atoms with E-state index in [0.29, 0.717) is 16.5 Å². The highest BCUT2D eigenvalue weighted by atomic mass is 35.5. The maximum atomic E-state index is 11.6. The number of aryl methyl sites for hydroxylation is 1. The van der Waals surface area contributed by atoms with Crippen LogP contribution in [0.4, 0.5) is 28.8 Å². The minimum atomic E-state index is -0.558. The summed E-state index contributed by atoms with van der Waals surface area (Å²) in [5.74, 6) is 0.515. The summed E-state index contributed by atoms with van der Waals surface area (Å²) < 4.78 is 0. The number of nitro groups is 1. The van der Waals surface area contributed by atoms with Crippen molar-refractivity contribution in [3.63, 3.8) is 0 Å². The van der Waals surface area contributed by atoms with Gasteiger partial charge in [-0.05, 0) is 31.2 Å². The van der Waals surface area contributed by atoms with Gasteiger partial charge in [0.15, 0.2) is 0 Å². The molecular weight excluding hydrogens is 344 g/mol. The first-order valence-electron chi connectivity index (χ1n) is 7.26. The molecule has 2 aromatic heterocycles. The van der Waals surface area contributed by atoms with E-state index in [1.54, 1.807) is 36.4 Å². The second-order valence-electron chi connectivity index (χ2n) is 5.07. The van der Waals surface area contributed by atoms with Crippen LogP contribution in [-0.4, -0.2) is 19.9 Å². The van der Waals surface area contributed by atoms with Crippen LogP contribution >= 0.6 is 11.6 Å². The van der Waals surface area contributed by atoms with E-state index in [-0.39, 0.29) is 17.3 Å². The van der Waals surface area contributed by atoms with E-state index >= 15 is 0 Å². The van der Waals surface area contributed by atoms with Gasteiger partial charge < -0.3 is 10.6 Å². The molecule has 9 heteroatoms. The number of rotatable bonds is 5. The van der Waals surface area contributed by atoms with E-state index in [1.807, 2.05) is 13.0 Å². The van der Waals surface area contributed by atoms with Gasteiger partial charge in [-0.25, -0.2) is 15.0 Å². The summed E-state index contributed by atoms with van der Waals surface area (Å²) in [6.45, 7) is 1.82. The number of anilines is 4. The van der Waals surface area contributed by atoms with E-state index in [4.69, 9.17) is 11.6 Å². The van der Waals surface area contributed by atoms with Crippen molar-refractivity contribution in [2.24, 2.45) is 0 Å². The van der Waals surface area contributed by atoms with Gasteiger partial charge >= 0.3 is 5.69 Å². The number of aromatic nitrogens is 3. The molecule has 1 aromatic carbocycles. The summed E-state index contributed by atoms with van der Waals surface area (Å²) in [5, 5.41) is 17.7. The Morgan fingerprint density at radius 1 is 1.04 bits per heavy atom. The molecule has 2 heterocycles. The molecule has 126 valence electrons. The molecular formula is C16H13ClN6O2. The third-order valence-electron chi connectivity index (χ3n) is 3.27. The Kier molecular flexibility index (Phi) is 4.71. The maximum absolute atomic E-state index is 11.6. The lowest BCUT2D eigenvalue weighted by Crippen LogP contribution is -2.06. The van der Waals surface area contributed by atoms with E-state index in [2.05, 4.69) is 25.6 Å². The molecule has 0 aliphatic heterocycles. The average Bonchev–Trinajstić information content (AvgIpc) is 2.57. The van der Waals surface area contributed by atoms with Crippen molar-refractivity contribution < 1.29 is 4.92 Å². The summed E-state index contributed by atoms with van der Waals surface area (Å²) in [5.41, 5.74) is 0.979. The van der Waals surface area contributed by atoms with Crippen molar-refractivity contribution in [1.82, 2.24) is 15.0 Å². The fourth-order valence-corrected chi connectivity index (χ4v) is 2.34. The summed E-state index contributed by atoms with van der Waals surface area (Å²) in [6.07, 6.45) is 1.23. The van der Waals surface area contributed by atoms with Crippen LogP contribution in [0.25, 0.3) is 0 Å². The molecule has 0 fully saturated rings. The molecule has 0 amide bonds. The predicted octanol–water partition coefficient (Wildman–Crippen LogP) is 4.23. The number of nitrogens with zero attached hydrogens (tertiary/aromatic N) is 4. The van der Waals surface area contributed by atoms with Crippen LogP contribution in [0.1, 0.15) is 5.69 Å². The molecule has 0 unspecified atom stereocenters. The predicted molar refractivity (Wildman–Crippen MR) is 95.7 cm³/mol. The number of halogens is 1. The first-order chi connectivity index (χ1) is 12.0. The summed E-state index contributed by atoms with van der Waals surface area (Å²) in [7, 11) is 0. The third-order valence-corrected chi connectivity index (χ3v) is 3.60. The van der Waals surface area contributed by atoms with Crippen LogP contribution in [0.3, 0.4) is 0 Å². The molecule has 0 radical (unpaired) electrons. The number of hydrogen-bond acceptors (Lipinski definition) is 7. The zero-order valence-corrected chi connectivity index (χ0v) is 13.9. The molecule has 0 saturated carbocycles. The van der Waals surface area contributed by atoms with Gasteiger partial charge in [0.2, 0.25) is 11.6 Å². The highest BCUT2D eigenvalue weighted by Crippen LogP contribution is 2.34. The van der Waals surface area contributed by atoms with E-state index in [9.17, 15) is 10.1 Å². The molecule has 0 saturated heterocycles. The molecule has 0 atom stereocenters. The third kappa shape index (κ3) is 3.81. The second kappa shape index (κ2) is 7.10. The fourth-order valence-electron chi connectivity index (χ4n) is 2.16. The van der Waals surface area contributed by atoms with Crippen LogP contribution in [0, 0.1) is 17.0 Å². The van der Waals surface area contributed by atoms with Crippen molar-refractivity contribution >= 4 is 40.4 Å². The first-order valence-corrected chi connectivity index (χ1v) is 7.64. The zero-order chi connectivity index (χ0) is 17.8. The minimum Gasteiger partial charge on any atom is -0.333 e. The van der Waals surface area contributed by atoms with Crippen molar-refractivity contribution in [2.45, 2.75) is 6.92 Å². The smallest absolute Gasteiger partial charge is 0.333 e. The van der Waals surface area contributed by atoms with Crippen molar-refractivity contribution in [3.05, 3.63) is 69.6 Å². The lowest BCUT2D eigenvalue weighted by Gasteiger charge is -2.10. The highest BCUT2D eigenvalue weighted by molar-refractivity contribution is 6.33. The van der Waals surface area contributed by atoms with Gasteiger partial charge in [0.25, 0.3) is 0 Å². The fraction of sp³-hybridized carbons (Fsp3) is 0.0625. The van der Waals surface area contributed by atoms with Crippen molar-refractivity contribution in [3.8, 4) is 0 Å². The van der Waals surface area contributed by atoms with E-state index in [0.717, 1.165) is 5.69 Å². The summed E-state index contributed by atoms with van der Waals surface area (Å²) >= 11 is 6.09. The monoisotopic (exact) mass is 356 g/mol. The van der Waals surface area contributed by atoms with Gasteiger partial charge in [-0.1, -0.05) is 29.8 Å². The second-order valence-corrected chi connectivity index (χ2v) is 5.48. The van der Waals surface area contributed by atoms with Gasteiger partial charge in [0.05, 0.1) is 15.6 Å². The average molecular weight is 357 g/mol. The molecule has 0 bridgehead atoms. The number of benzene rings is 1. The molecule has 0 spiro atoms. The number of para-hydroxylation sites is 1. The molecule has 3 aromatic rings. The standard InChI is InChI=1S/C16H13ClN6O2/c1-10-5-4-8-13(20-10)22-16-14(23(24)25)15(18-9-19-16)21-12-7-3-2-6-11(12)17/h2-9H,1H3,(H2,18,19,20,21,22). The van der Waals surface area contributed by atoms with Crippen LogP contribution in [0.5, 0.6) is 0 Å². The Bertz CT molecular complexity index is 934. The summed E-state index contributed by atoms with van der Waals surface area (Å²) in [4.78, 5) is 23.2. The topological polar surface area (TPSA) is 106 Å². The van der Waals surface area contributed by atoms with E-state index in [1.165, 1.54) is 6.33 Å². The quantitative estimate of drug-likeness (QED) is 0.520. The van der Waals surface area contributed by atoms with Crippen LogP contribution < -0.4 is 10.6 Å². The molecule has 8 nitrogen and oxygen atoms in total. The van der Waals surface area contributed by atoms with Gasteiger partial charge in [-0.15, -0.1) is 0 Å². The largest absolute Gasteiger partial charge is 0.353 e. The lowest BCUT2D eigenvalue weighted by atomic mass is 10.3. The first kappa shape index (κ1) is 16.6. The Labute approximate surface area is 148 Å². The molecule has 0 aliphatic rings. The Hall–Kier alpha value is -3.26. The van der Waals surface area contributed by atoms with Crippen LogP contribution in [0.2, 0.25) is 5.02 Å². The van der Waals surface area contributed by atoms with Crippen LogP contribution in [0.15, 0.2) is 48.8 Å². The number of nitrogens with one attached hydrogen (secondary N) is 2. The van der Waals surface area contributed by atoms with Crippen molar-refractivity contribution in [1.29, 1.82) is 0 Å². The maximum Gasteiger partial charge on any atom is 0.353 e. The molecule has 25 heavy (non-hydrogen) atoms. The van der Waals surface area contributed by atoms with Gasteiger partial charge in [-0.2, -0.15) is 0 Å². The highest BCUT2D eigenvalue weighted by Gasteiger charge is 2.24. The molecule has 2 N–H and O–H groups in total. The van der Waals surface area contributed by atoms with Crippen LogP contribution in [-0.2, 0) is 0 Å². The Morgan fingerprint density at radius 3 is 2.44 bits per heavy atom. The van der Waals surface area contributed by atoms with Gasteiger partial charge in [0, 0.05) is 5.69 Å². The minimum absolute atomic E-state index is 0.0308. The van der Waals surface area contributed by atoms with Crippen molar-refractivity contribution in [2.75, 3.05) is 10.6 Å². The van der Waals surface area contributed by atoms with Gasteiger partial charge in [0.1, 0.15) is 12.1 Å². The lowest BCUT2D eigenvalue weighted by molar-refractivity contribution is -0.383. The summed E-state index contributed by atoms with van der Waals surface area (Å²) in [6, 6.07) is 12.2. The number of pyridine rings is 1. The Balaban J connectivity index is 2.00. The Morgan fingerprint density at radius 2 is 1.76 bits per heavy atom.